The molecule has 168 valence electrons. The largest absolute Gasteiger partial charge is 0.436 e. The highest BCUT2D eigenvalue weighted by atomic mass is 32.2. The number of anilines is 1. The van der Waals surface area contributed by atoms with E-state index in [-0.39, 0.29) is 10.8 Å². The summed E-state index contributed by atoms with van der Waals surface area (Å²) in [4.78, 5) is 17.3. The van der Waals surface area contributed by atoms with Gasteiger partial charge in [-0.1, -0.05) is 18.6 Å². The third-order valence-electron chi connectivity index (χ3n) is 5.75. The van der Waals surface area contributed by atoms with Gasteiger partial charge in [-0.05, 0) is 73.5 Å². The Morgan fingerprint density at radius 1 is 0.879 bits per heavy atom. The molecule has 1 N–H and O–H groups in total. The smallest absolute Gasteiger partial charge is 0.255 e. The first kappa shape index (κ1) is 21.4. The lowest BCUT2D eigenvalue weighted by molar-refractivity contribution is 0.102. The molecule has 0 unspecified atom stereocenters. The Hall–Kier alpha value is -3.49. The molecular weight excluding hydrogens is 438 g/mol. The Kier molecular flexibility index (Phi) is 5.70. The van der Waals surface area contributed by atoms with Crippen LogP contribution in [0.25, 0.3) is 22.6 Å². The zero-order chi connectivity index (χ0) is 22.8. The fourth-order valence-electron chi connectivity index (χ4n) is 3.93. The monoisotopic (exact) mass is 461 g/mol. The van der Waals surface area contributed by atoms with Crippen LogP contribution < -0.4 is 5.32 Å². The van der Waals surface area contributed by atoms with E-state index >= 15 is 0 Å². The van der Waals surface area contributed by atoms with E-state index < -0.39 is 10.0 Å². The van der Waals surface area contributed by atoms with Crippen molar-refractivity contribution in [1.29, 1.82) is 0 Å². The second-order valence-corrected chi connectivity index (χ2v) is 9.95. The lowest BCUT2D eigenvalue weighted by atomic mass is 10.2. The molecule has 8 heteroatoms. The Morgan fingerprint density at radius 2 is 1.58 bits per heavy atom. The number of nitrogens with one attached hydrogen (secondary N) is 1. The number of nitrogens with zero attached hydrogens (tertiary/aromatic N) is 2. The molecule has 0 radical (unpaired) electrons. The van der Waals surface area contributed by atoms with Crippen LogP contribution in [0.2, 0.25) is 0 Å². The van der Waals surface area contributed by atoms with Gasteiger partial charge in [0.1, 0.15) is 5.52 Å². The van der Waals surface area contributed by atoms with Crippen molar-refractivity contribution in [3.8, 4) is 11.5 Å². The first-order valence-electron chi connectivity index (χ1n) is 10.9. The van der Waals surface area contributed by atoms with E-state index in [1.807, 2.05) is 36.4 Å². The van der Waals surface area contributed by atoms with Crippen molar-refractivity contribution in [2.45, 2.75) is 24.2 Å². The Balaban J connectivity index is 1.27. The van der Waals surface area contributed by atoms with E-state index in [4.69, 9.17) is 4.42 Å². The summed E-state index contributed by atoms with van der Waals surface area (Å²) in [5, 5.41) is 2.84. The Labute approximate surface area is 192 Å². The molecule has 5 rings (SSSR count). The molecule has 1 amide bonds. The van der Waals surface area contributed by atoms with Crippen molar-refractivity contribution in [1.82, 2.24) is 9.29 Å². The number of carbonyl (C=O) groups excluding carboxylic acids is 1. The van der Waals surface area contributed by atoms with E-state index in [2.05, 4.69) is 10.3 Å². The molecule has 0 atom stereocenters. The van der Waals surface area contributed by atoms with Crippen molar-refractivity contribution < 1.29 is 17.6 Å². The van der Waals surface area contributed by atoms with Crippen LogP contribution in [0.5, 0.6) is 0 Å². The van der Waals surface area contributed by atoms with Crippen molar-refractivity contribution in [3.05, 3.63) is 78.4 Å². The first-order chi connectivity index (χ1) is 16.0. The van der Waals surface area contributed by atoms with Gasteiger partial charge >= 0.3 is 0 Å². The number of sulfonamides is 1. The number of benzene rings is 3. The summed E-state index contributed by atoms with van der Waals surface area (Å²) < 4.78 is 32.8. The molecule has 2 heterocycles. The average Bonchev–Trinajstić information content (AvgIpc) is 3.29. The second kappa shape index (κ2) is 8.80. The van der Waals surface area contributed by atoms with Crippen molar-refractivity contribution in [2.75, 3.05) is 18.4 Å². The number of oxazole rings is 1. The Morgan fingerprint density at radius 3 is 2.27 bits per heavy atom. The normalized spacial score (nSPS) is 14.9. The summed E-state index contributed by atoms with van der Waals surface area (Å²) in [6, 6.07) is 20.8. The summed E-state index contributed by atoms with van der Waals surface area (Å²) in [5.74, 6) is 0.200. The highest BCUT2D eigenvalue weighted by molar-refractivity contribution is 7.89. The molecule has 1 fully saturated rings. The van der Waals surface area contributed by atoms with Gasteiger partial charge in [0.05, 0.1) is 4.90 Å². The van der Waals surface area contributed by atoms with Crippen LogP contribution in [0.3, 0.4) is 0 Å². The van der Waals surface area contributed by atoms with Gasteiger partial charge in [0.15, 0.2) is 5.58 Å². The number of amides is 1. The third kappa shape index (κ3) is 4.40. The maximum Gasteiger partial charge on any atom is 0.255 e. The average molecular weight is 462 g/mol. The molecule has 1 aliphatic rings. The van der Waals surface area contributed by atoms with E-state index in [0.29, 0.717) is 30.2 Å². The number of piperidine rings is 1. The topological polar surface area (TPSA) is 92.5 Å². The van der Waals surface area contributed by atoms with Gasteiger partial charge in [-0.3, -0.25) is 4.79 Å². The maximum absolute atomic E-state index is 12.8. The van der Waals surface area contributed by atoms with Crippen molar-refractivity contribution in [3.63, 3.8) is 0 Å². The molecule has 3 aromatic carbocycles. The van der Waals surface area contributed by atoms with Gasteiger partial charge in [0, 0.05) is 29.9 Å². The molecule has 1 aliphatic heterocycles. The fraction of sp³-hybridized carbons (Fsp3) is 0.200. The summed E-state index contributed by atoms with van der Waals surface area (Å²) in [5.41, 5.74) is 3.31. The minimum absolute atomic E-state index is 0.212. The molecule has 0 spiro atoms. The van der Waals surface area contributed by atoms with Crippen molar-refractivity contribution in [2.24, 2.45) is 0 Å². The lowest BCUT2D eigenvalue weighted by Gasteiger charge is -2.25. The number of rotatable bonds is 5. The Bertz CT molecular complexity index is 1350. The van der Waals surface area contributed by atoms with Crippen LogP contribution >= 0.6 is 0 Å². The van der Waals surface area contributed by atoms with Crippen LogP contribution in [-0.4, -0.2) is 36.7 Å². The molecule has 0 bridgehead atoms. The third-order valence-corrected chi connectivity index (χ3v) is 7.67. The fourth-order valence-corrected chi connectivity index (χ4v) is 5.44. The summed E-state index contributed by atoms with van der Waals surface area (Å²) >= 11 is 0. The van der Waals surface area contributed by atoms with Crippen LogP contribution in [0.4, 0.5) is 5.69 Å². The highest BCUT2D eigenvalue weighted by Gasteiger charge is 2.26. The number of carbonyl (C=O) groups is 1. The summed E-state index contributed by atoms with van der Waals surface area (Å²) in [6.07, 6.45) is 2.82. The summed E-state index contributed by atoms with van der Waals surface area (Å²) in [6.45, 7) is 1.09. The molecule has 1 saturated heterocycles. The van der Waals surface area contributed by atoms with Gasteiger partial charge in [-0.25, -0.2) is 13.4 Å². The van der Waals surface area contributed by atoms with Gasteiger partial charge in [0.25, 0.3) is 5.91 Å². The predicted octanol–water partition coefficient (Wildman–Crippen LogP) is 4.92. The first-order valence-corrected chi connectivity index (χ1v) is 12.3. The molecule has 0 aliphatic carbocycles. The quantitative estimate of drug-likeness (QED) is 0.455. The van der Waals surface area contributed by atoms with E-state index in [0.717, 1.165) is 35.9 Å². The summed E-state index contributed by atoms with van der Waals surface area (Å²) in [7, 11) is -3.52. The standard InChI is InChI=1S/C25H23N3O4S/c29-24(18-10-14-21(15-11-18)33(30,31)28-16-4-1-5-17-28)26-20-12-8-19(9-13-20)25-27-22-6-2-3-7-23(22)32-25/h2-3,6-15H,1,4-5,16-17H2,(H,26,29). The van der Waals surface area contributed by atoms with Gasteiger partial charge in [0.2, 0.25) is 15.9 Å². The highest BCUT2D eigenvalue weighted by Crippen LogP contribution is 2.26. The van der Waals surface area contributed by atoms with E-state index in [1.165, 1.54) is 16.4 Å². The number of hydrogen-bond acceptors (Lipinski definition) is 5. The minimum atomic E-state index is -3.52. The second-order valence-electron chi connectivity index (χ2n) is 8.01. The zero-order valence-electron chi connectivity index (χ0n) is 17.9. The predicted molar refractivity (Wildman–Crippen MR) is 126 cm³/mol. The number of para-hydroxylation sites is 2. The SMILES string of the molecule is O=C(Nc1ccc(-c2nc3ccccc3o2)cc1)c1ccc(S(=O)(=O)N2CCCCC2)cc1. The van der Waals surface area contributed by atoms with Gasteiger partial charge in [-0.15, -0.1) is 0 Å². The molecule has 4 aromatic rings. The maximum atomic E-state index is 12.8. The van der Waals surface area contributed by atoms with Gasteiger partial charge in [-0.2, -0.15) is 4.31 Å². The number of aromatic nitrogens is 1. The number of hydrogen-bond donors (Lipinski definition) is 1. The molecule has 7 nitrogen and oxygen atoms in total. The minimum Gasteiger partial charge on any atom is -0.436 e. The molecule has 1 aromatic heterocycles. The zero-order valence-corrected chi connectivity index (χ0v) is 18.7. The molecular formula is C25H23N3O4S. The van der Waals surface area contributed by atoms with Crippen LogP contribution in [0, 0.1) is 0 Å². The van der Waals surface area contributed by atoms with Gasteiger partial charge < -0.3 is 9.73 Å². The van der Waals surface area contributed by atoms with Crippen LogP contribution in [0.15, 0.2) is 82.1 Å². The van der Waals surface area contributed by atoms with Crippen LogP contribution in [0.1, 0.15) is 29.6 Å². The lowest BCUT2D eigenvalue weighted by Crippen LogP contribution is -2.35. The van der Waals surface area contributed by atoms with Crippen molar-refractivity contribution >= 4 is 32.7 Å². The van der Waals surface area contributed by atoms with Crippen LogP contribution in [-0.2, 0) is 10.0 Å². The molecule has 0 saturated carbocycles. The van der Waals surface area contributed by atoms with E-state index in [9.17, 15) is 13.2 Å². The molecule has 33 heavy (non-hydrogen) atoms. The number of fused-ring (bicyclic) bond motifs is 1. The van der Waals surface area contributed by atoms with E-state index in [1.54, 1.807) is 24.3 Å².